The van der Waals surface area contributed by atoms with E-state index in [4.69, 9.17) is 13.9 Å². The van der Waals surface area contributed by atoms with E-state index < -0.39 is 0 Å². The molecule has 0 radical (unpaired) electrons. The minimum absolute atomic E-state index is 0.269. The van der Waals surface area contributed by atoms with Crippen molar-refractivity contribution in [2.24, 2.45) is 0 Å². The van der Waals surface area contributed by atoms with Gasteiger partial charge in [-0.15, -0.1) is 0 Å². The molecular formula is C14H9BrN2O3. The van der Waals surface area contributed by atoms with Crippen LogP contribution in [0, 0.1) is 0 Å². The van der Waals surface area contributed by atoms with Crippen molar-refractivity contribution < 1.29 is 13.9 Å². The largest absolute Gasteiger partial charge is 0.454 e. The maximum atomic E-state index is 5.49. The number of hydrogen-bond donors (Lipinski definition) is 1. The summed E-state index contributed by atoms with van der Waals surface area (Å²) in [5, 5.41) is 7.27. The number of hydrogen-bond acceptors (Lipinski definition) is 4. The zero-order valence-corrected chi connectivity index (χ0v) is 11.8. The fourth-order valence-electron chi connectivity index (χ4n) is 2.11. The molecule has 4 rings (SSSR count). The maximum Gasteiger partial charge on any atom is 0.231 e. The van der Waals surface area contributed by atoms with E-state index >= 15 is 0 Å². The third-order valence-electron chi connectivity index (χ3n) is 3.08. The molecule has 2 aromatic heterocycles. The number of furan rings is 1. The summed E-state index contributed by atoms with van der Waals surface area (Å²) in [6, 6.07) is 11.4. The number of rotatable bonds is 2. The van der Waals surface area contributed by atoms with Gasteiger partial charge in [-0.05, 0) is 52.3 Å². The molecule has 0 bridgehead atoms. The van der Waals surface area contributed by atoms with E-state index in [1.165, 1.54) is 0 Å². The predicted octanol–water partition coefficient (Wildman–Crippen LogP) is 3.83. The highest BCUT2D eigenvalue weighted by Gasteiger charge is 2.15. The Morgan fingerprint density at radius 3 is 2.80 bits per heavy atom. The zero-order valence-electron chi connectivity index (χ0n) is 10.2. The Kier molecular flexibility index (Phi) is 2.56. The average molecular weight is 333 g/mol. The van der Waals surface area contributed by atoms with E-state index in [9.17, 15) is 0 Å². The van der Waals surface area contributed by atoms with E-state index in [-0.39, 0.29) is 6.79 Å². The van der Waals surface area contributed by atoms with Crippen LogP contribution in [0.15, 0.2) is 45.5 Å². The lowest BCUT2D eigenvalue weighted by molar-refractivity contribution is 0.174. The van der Waals surface area contributed by atoms with Crippen LogP contribution in [0.25, 0.3) is 22.7 Å². The van der Waals surface area contributed by atoms with Crippen LogP contribution in [-0.4, -0.2) is 17.0 Å². The molecule has 1 N–H and O–H groups in total. The van der Waals surface area contributed by atoms with Gasteiger partial charge in [0.05, 0.1) is 5.69 Å². The van der Waals surface area contributed by atoms with Gasteiger partial charge in [0.2, 0.25) is 6.79 Å². The summed E-state index contributed by atoms with van der Waals surface area (Å²) in [6.07, 6.45) is 0. The standard InChI is InChI=1S/C14H9BrN2O3/c15-14-4-3-11(20-14)10-6-9(16-17-10)8-1-2-12-13(5-8)19-7-18-12/h1-6H,7H2,(H,16,17). The highest BCUT2D eigenvalue weighted by Crippen LogP contribution is 2.36. The first-order valence-electron chi connectivity index (χ1n) is 6.01. The van der Waals surface area contributed by atoms with E-state index in [1.54, 1.807) is 0 Å². The first kappa shape index (κ1) is 11.6. The number of fused-ring (bicyclic) bond motifs is 1. The van der Waals surface area contributed by atoms with E-state index in [2.05, 4.69) is 26.1 Å². The van der Waals surface area contributed by atoms with Crippen molar-refractivity contribution in [1.82, 2.24) is 10.2 Å². The summed E-state index contributed by atoms with van der Waals surface area (Å²) in [4.78, 5) is 0. The van der Waals surface area contributed by atoms with Crippen molar-refractivity contribution >= 4 is 15.9 Å². The van der Waals surface area contributed by atoms with Crippen LogP contribution in [0.5, 0.6) is 11.5 Å². The summed E-state index contributed by atoms with van der Waals surface area (Å²) < 4.78 is 16.8. The normalized spacial score (nSPS) is 12.8. The van der Waals surface area contributed by atoms with Crippen LogP contribution < -0.4 is 9.47 Å². The topological polar surface area (TPSA) is 60.3 Å². The first-order chi connectivity index (χ1) is 9.79. The summed E-state index contributed by atoms with van der Waals surface area (Å²) in [6.45, 7) is 0.269. The Hall–Kier alpha value is -2.21. The van der Waals surface area contributed by atoms with Gasteiger partial charge in [-0.2, -0.15) is 5.10 Å². The summed E-state index contributed by atoms with van der Waals surface area (Å²) in [7, 11) is 0. The quantitative estimate of drug-likeness (QED) is 0.774. The Labute approximate surface area is 122 Å². The third kappa shape index (κ3) is 1.89. The second-order valence-corrected chi connectivity index (χ2v) is 5.12. The van der Waals surface area contributed by atoms with Gasteiger partial charge >= 0.3 is 0 Å². The van der Waals surface area contributed by atoms with Crippen LogP contribution in [-0.2, 0) is 0 Å². The molecule has 0 aliphatic carbocycles. The molecule has 3 heterocycles. The number of halogens is 1. The molecule has 0 amide bonds. The lowest BCUT2D eigenvalue weighted by Crippen LogP contribution is -1.92. The Morgan fingerprint density at radius 2 is 1.95 bits per heavy atom. The number of H-pyrrole nitrogens is 1. The van der Waals surface area contributed by atoms with E-state index in [0.717, 1.165) is 34.2 Å². The monoisotopic (exact) mass is 332 g/mol. The molecule has 0 spiro atoms. The molecule has 0 fully saturated rings. The first-order valence-corrected chi connectivity index (χ1v) is 6.80. The fourth-order valence-corrected chi connectivity index (χ4v) is 2.42. The van der Waals surface area contributed by atoms with Crippen LogP contribution in [0.4, 0.5) is 0 Å². The van der Waals surface area contributed by atoms with Gasteiger partial charge in [-0.3, -0.25) is 5.10 Å². The Bertz CT molecular complexity index is 778. The van der Waals surface area contributed by atoms with Crippen molar-refractivity contribution in [2.45, 2.75) is 0 Å². The molecule has 3 aromatic rings. The molecule has 1 aliphatic rings. The number of nitrogens with one attached hydrogen (secondary N) is 1. The molecule has 0 unspecified atom stereocenters. The van der Waals surface area contributed by atoms with Gasteiger partial charge in [0.15, 0.2) is 21.9 Å². The lowest BCUT2D eigenvalue weighted by atomic mass is 10.1. The van der Waals surface area contributed by atoms with Gasteiger partial charge in [-0.25, -0.2) is 0 Å². The van der Waals surface area contributed by atoms with Crippen LogP contribution >= 0.6 is 15.9 Å². The third-order valence-corrected chi connectivity index (χ3v) is 3.51. The average Bonchev–Trinajstić information content (AvgIpc) is 3.17. The second-order valence-electron chi connectivity index (χ2n) is 4.34. The smallest absolute Gasteiger partial charge is 0.231 e. The number of aromatic nitrogens is 2. The van der Waals surface area contributed by atoms with Crippen molar-refractivity contribution in [1.29, 1.82) is 0 Å². The van der Waals surface area contributed by atoms with Crippen LogP contribution in [0.3, 0.4) is 0 Å². The number of ether oxygens (including phenoxy) is 2. The van der Waals surface area contributed by atoms with Gasteiger partial charge in [0.25, 0.3) is 0 Å². The van der Waals surface area contributed by atoms with Crippen molar-refractivity contribution in [2.75, 3.05) is 6.79 Å². The molecule has 5 nitrogen and oxygen atoms in total. The molecule has 20 heavy (non-hydrogen) atoms. The van der Waals surface area contributed by atoms with Gasteiger partial charge in [-0.1, -0.05) is 0 Å². The Balaban J connectivity index is 1.71. The van der Waals surface area contributed by atoms with Crippen molar-refractivity contribution in [3.8, 4) is 34.2 Å². The SMILES string of the molecule is Brc1ccc(-c2cc(-c3ccc4c(c3)OCO4)n[nH]2)o1. The summed E-state index contributed by atoms with van der Waals surface area (Å²) in [5.74, 6) is 2.24. The van der Waals surface area contributed by atoms with Gasteiger partial charge < -0.3 is 13.9 Å². The molecule has 100 valence electrons. The molecule has 0 saturated carbocycles. The minimum atomic E-state index is 0.269. The number of aromatic amines is 1. The minimum Gasteiger partial charge on any atom is -0.454 e. The predicted molar refractivity (Wildman–Crippen MR) is 75.5 cm³/mol. The van der Waals surface area contributed by atoms with Crippen LogP contribution in [0.1, 0.15) is 0 Å². The Morgan fingerprint density at radius 1 is 1.05 bits per heavy atom. The van der Waals surface area contributed by atoms with Gasteiger partial charge in [0.1, 0.15) is 5.69 Å². The number of nitrogens with zero attached hydrogens (tertiary/aromatic N) is 1. The van der Waals surface area contributed by atoms with Crippen LogP contribution in [0.2, 0.25) is 0 Å². The van der Waals surface area contributed by atoms with E-state index in [1.807, 2.05) is 36.4 Å². The second kappa shape index (κ2) is 4.42. The molecule has 1 aromatic carbocycles. The molecule has 1 aliphatic heterocycles. The molecule has 0 saturated heterocycles. The highest BCUT2D eigenvalue weighted by molar-refractivity contribution is 9.10. The molecule has 0 atom stereocenters. The summed E-state index contributed by atoms with van der Waals surface area (Å²) >= 11 is 3.28. The zero-order chi connectivity index (χ0) is 13.5. The molecular weight excluding hydrogens is 324 g/mol. The van der Waals surface area contributed by atoms with E-state index in [0.29, 0.717) is 4.67 Å². The molecule has 6 heteroatoms. The number of benzene rings is 1. The lowest BCUT2D eigenvalue weighted by Gasteiger charge is -1.98. The maximum absolute atomic E-state index is 5.49. The van der Waals surface area contributed by atoms with Gasteiger partial charge in [0, 0.05) is 5.56 Å². The van der Waals surface area contributed by atoms with Crippen molar-refractivity contribution in [3.63, 3.8) is 0 Å². The fraction of sp³-hybridized carbons (Fsp3) is 0.0714. The highest BCUT2D eigenvalue weighted by atomic mass is 79.9. The summed E-state index contributed by atoms with van der Waals surface area (Å²) in [5.41, 5.74) is 2.61. The van der Waals surface area contributed by atoms with Crippen molar-refractivity contribution in [3.05, 3.63) is 41.1 Å².